The van der Waals surface area contributed by atoms with E-state index < -0.39 is 77.6 Å². The predicted molar refractivity (Wildman–Crippen MR) is 109 cm³/mol. The van der Waals surface area contributed by atoms with Crippen LogP contribution in [0.25, 0.3) is 11.0 Å². The smallest absolute Gasteiger partial charge is 0.388 e. The first-order valence-corrected chi connectivity index (χ1v) is 11.5. The highest BCUT2D eigenvalue weighted by Gasteiger charge is 2.47. The molecule has 2 aromatic heterocycles. The van der Waals surface area contributed by atoms with E-state index in [1.54, 1.807) is 0 Å². The van der Waals surface area contributed by atoms with Crippen LogP contribution in [0.4, 0.5) is 13.2 Å². The lowest BCUT2D eigenvalue weighted by Crippen LogP contribution is -2.38. The van der Waals surface area contributed by atoms with Crippen LogP contribution in [-0.2, 0) is 20.0 Å². The Kier molecular flexibility index (Phi) is 6.87. The zero-order valence-electron chi connectivity index (χ0n) is 18.1. The normalized spacial score (nSPS) is 26.5. The third kappa shape index (κ3) is 5.25. The number of hydrogen-bond acceptors (Lipinski definition) is 9. The summed E-state index contributed by atoms with van der Waals surface area (Å²) in [6, 6.07) is 0.289. The number of nitrogens with zero attached hydrogens (tertiary/aromatic N) is 2. The van der Waals surface area contributed by atoms with E-state index in [0.29, 0.717) is 4.57 Å². The summed E-state index contributed by atoms with van der Waals surface area (Å²) in [5.41, 5.74) is -5.75. The fourth-order valence-corrected chi connectivity index (χ4v) is 4.47. The minimum absolute atomic E-state index is 0.274. The van der Waals surface area contributed by atoms with Gasteiger partial charge in [0.15, 0.2) is 17.5 Å². The summed E-state index contributed by atoms with van der Waals surface area (Å²) < 4.78 is 62.0. The summed E-state index contributed by atoms with van der Waals surface area (Å²) in [6.07, 6.45) is -10.5. The van der Waals surface area contributed by atoms with E-state index in [0.717, 1.165) is 13.1 Å². The largest absolute Gasteiger partial charge is 0.431 e. The summed E-state index contributed by atoms with van der Waals surface area (Å²) in [6.45, 7) is 3.79. The van der Waals surface area contributed by atoms with Crippen molar-refractivity contribution in [2.24, 2.45) is 0 Å². The summed E-state index contributed by atoms with van der Waals surface area (Å²) in [7, 11) is -4.44. The molecule has 0 saturated carbocycles. The maximum Gasteiger partial charge on any atom is 0.431 e. The molecule has 0 aliphatic carbocycles. The second-order valence-electron chi connectivity index (χ2n) is 8.54. The van der Waals surface area contributed by atoms with Crippen molar-refractivity contribution < 1.29 is 47.2 Å². The highest BCUT2D eigenvalue weighted by molar-refractivity contribution is 7.53. The number of aliphatic hydroxyl groups excluding tert-OH is 3. The zero-order valence-corrected chi connectivity index (χ0v) is 18.9. The van der Waals surface area contributed by atoms with Gasteiger partial charge in [0.05, 0.1) is 17.1 Å². The Morgan fingerprint density at radius 3 is 2.47 bits per heavy atom. The molecule has 3 rings (SSSR count). The average molecular weight is 513 g/mol. The third-order valence-electron chi connectivity index (χ3n) is 5.21. The highest BCUT2D eigenvalue weighted by Crippen LogP contribution is 2.51. The molecular weight excluding hydrogens is 490 g/mol. The lowest BCUT2D eigenvalue weighted by molar-refractivity contribution is -0.141. The summed E-state index contributed by atoms with van der Waals surface area (Å²) in [4.78, 5) is 39.7. The fourth-order valence-electron chi connectivity index (χ4n) is 3.53. The molecule has 0 spiro atoms. The lowest BCUT2D eigenvalue weighted by Gasteiger charge is -2.31. The lowest BCUT2D eigenvalue weighted by atomic mass is 9.97. The van der Waals surface area contributed by atoms with Crippen LogP contribution in [0.3, 0.4) is 0 Å². The van der Waals surface area contributed by atoms with Crippen LogP contribution in [0.1, 0.15) is 39.1 Å². The molecule has 1 saturated heterocycles. The van der Waals surface area contributed by atoms with Crippen molar-refractivity contribution in [3.63, 3.8) is 0 Å². The molecule has 2 aromatic rings. The molecule has 6 atom stereocenters. The van der Waals surface area contributed by atoms with Crippen molar-refractivity contribution in [3.05, 3.63) is 38.7 Å². The van der Waals surface area contributed by atoms with Crippen LogP contribution in [0.5, 0.6) is 0 Å². The van der Waals surface area contributed by atoms with E-state index in [9.17, 15) is 47.5 Å². The molecule has 4 unspecified atom stereocenters. The SMILES string of the molecule is CC(O)P(=O)(O)OC(C)(C)C[C@H]1O[C@@H](n2cc3c(=O)cc(C(F)(F)F)[nH]c3nc2=O)C(O)C1O. The van der Waals surface area contributed by atoms with Crippen molar-refractivity contribution in [2.45, 2.75) is 69.4 Å². The van der Waals surface area contributed by atoms with Crippen molar-refractivity contribution in [3.8, 4) is 0 Å². The van der Waals surface area contributed by atoms with E-state index in [2.05, 4.69) is 4.98 Å². The number of pyridine rings is 1. The summed E-state index contributed by atoms with van der Waals surface area (Å²) >= 11 is 0. The Bertz CT molecular complexity index is 1240. The molecule has 190 valence electrons. The van der Waals surface area contributed by atoms with Gasteiger partial charge in [-0.15, -0.1) is 0 Å². The molecule has 12 nitrogen and oxygen atoms in total. The van der Waals surface area contributed by atoms with Crippen LogP contribution in [0.2, 0.25) is 0 Å². The molecule has 34 heavy (non-hydrogen) atoms. The number of aromatic nitrogens is 3. The van der Waals surface area contributed by atoms with Gasteiger partial charge in [-0.1, -0.05) is 0 Å². The van der Waals surface area contributed by atoms with Crippen LogP contribution in [0, 0.1) is 0 Å². The van der Waals surface area contributed by atoms with Crippen LogP contribution < -0.4 is 11.1 Å². The third-order valence-corrected chi connectivity index (χ3v) is 6.91. The molecule has 1 aliphatic heterocycles. The zero-order chi connectivity index (χ0) is 25.8. The number of fused-ring (bicyclic) bond motifs is 1. The first-order valence-electron chi connectivity index (χ1n) is 9.89. The second-order valence-corrected chi connectivity index (χ2v) is 10.6. The number of rotatable bonds is 6. The maximum absolute atomic E-state index is 12.9. The average Bonchev–Trinajstić information content (AvgIpc) is 2.93. The minimum Gasteiger partial charge on any atom is -0.388 e. The maximum atomic E-state index is 12.9. The van der Waals surface area contributed by atoms with Gasteiger partial charge in [0.1, 0.15) is 23.5 Å². The number of aliphatic hydroxyl groups is 3. The molecule has 0 amide bonds. The standard InChI is InChI=1S/C18H23F3N3O9P/c1-7(25)34(30,31)33-17(2,3)5-10-12(27)13(28)15(32-10)24-6-8-9(26)4-11(18(19,20)21)22-14(8)23-16(24)29/h4,6-7,10,12-13,15,25,27-28H,5H2,1-3H3,(H,30,31)(H,22,23,29)/t7?,10-,12?,13?,15-/m1/s1. The Morgan fingerprint density at radius 1 is 1.29 bits per heavy atom. The van der Waals surface area contributed by atoms with Gasteiger partial charge in [0.2, 0.25) is 0 Å². The number of nitrogens with one attached hydrogen (secondary N) is 1. The topological polar surface area (TPSA) is 184 Å². The van der Waals surface area contributed by atoms with E-state index in [1.165, 1.54) is 13.8 Å². The van der Waals surface area contributed by atoms with E-state index in [4.69, 9.17) is 9.26 Å². The molecule has 0 aromatic carbocycles. The molecule has 16 heteroatoms. The van der Waals surface area contributed by atoms with Crippen LogP contribution >= 0.6 is 7.60 Å². The number of hydrogen-bond donors (Lipinski definition) is 5. The predicted octanol–water partition coefficient (Wildman–Crippen LogP) is 0.432. The van der Waals surface area contributed by atoms with E-state index >= 15 is 0 Å². The van der Waals surface area contributed by atoms with Crippen molar-refractivity contribution >= 4 is 18.6 Å². The van der Waals surface area contributed by atoms with Gasteiger partial charge >= 0.3 is 19.5 Å². The minimum atomic E-state index is -4.88. The highest BCUT2D eigenvalue weighted by atomic mass is 31.2. The number of ether oxygens (including phenoxy) is 1. The molecule has 5 N–H and O–H groups in total. The Morgan fingerprint density at radius 2 is 1.91 bits per heavy atom. The Labute approximate surface area is 189 Å². The summed E-state index contributed by atoms with van der Waals surface area (Å²) in [5.74, 6) is -1.70. The first kappa shape index (κ1) is 26.5. The molecule has 1 aliphatic rings. The van der Waals surface area contributed by atoms with Gasteiger partial charge in [-0.3, -0.25) is 13.9 Å². The molecule has 1 fully saturated rings. The molecule has 0 bridgehead atoms. The number of halogens is 3. The van der Waals surface area contributed by atoms with Gasteiger partial charge in [-0.05, 0) is 20.8 Å². The number of aromatic amines is 1. The molecule has 0 radical (unpaired) electrons. The summed E-state index contributed by atoms with van der Waals surface area (Å²) in [5, 5.41) is 29.8. The van der Waals surface area contributed by atoms with E-state index in [-0.39, 0.29) is 12.5 Å². The fraction of sp³-hybridized carbons (Fsp3) is 0.611. The quantitative estimate of drug-likeness (QED) is 0.340. The van der Waals surface area contributed by atoms with Gasteiger partial charge in [0.25, 0.3) is 0 Å². The molecular formula is C18H23F3N3O9P. The number of alkyl halides is 3. The van der Waals surface area contributed by atoms with Crippen LogP contribution in [-0.4, -0.2) is 64.5 Å². The monoisotopic (exact) mass is 513 g/mol. The van der Waals surface area contributed by atoms with Crippen molar-refractivity contribution in [1.82, 2.24) is 14.5 Å². The Balaban J connectivity index is 1.92. The van der Waals surface area contributed by atoms with Gasteiger partial charge in [-0.25, -0.2) is 4.79 Å². The second kappa shape index (κ2) is 8.82. The van der Waals surface area contributed by atoms with Crippen molar-refractivity contribution in [2.75, 3.05) is 0 Å². The van der Waals surface area contributed by atoms with Crippen molar-refractivity contribution in [1.29, 1.82) is 0 Å². The van der Waals surface area contributed by atoms with E-state index in [1.807, 2.05) is 4.98 Å². The molecule has 3 heterocycles. The van der Waals surface area contributed by atoms with Gasteiger partial charge in [0, 0.05) is 18.7 Å². The van der Waals surface area contributed by atoms with Crippen LogP contribution in [0.15, 0.2) is 21.9 Å². The first-order chi connectivity index (χ1) is 15.4. The Hall–Kier alpha value is -2.13. The van der Waals surface area contributed by atoms with Gasteiger partial charge in [-0.2, -0.15) is 18.2 Å². The number of H-pyrrole nitrogens is 1. The van der Waals surface area contributed by atoms with Gasteiger partial charge < -0.3 is 34.5 Å².